The van der Waals surface area contributed by atoms with E-state index in [2.05, 4.69) is 20.5 Å². The van der Waals surface area contributed by atoms with Gasteiger partial charge in [-0.1, -0.05) is 84.9 Å². The van der Waals surface area contributed by atoms with Crippen molar-refractivity contribution in [2.24, 2.45) is 20.5 Å². The number of allylic oxidation sites excluding steroid dienone is 1. The van der Waals surface area contributed by atoms with Gasteiger partial charge in [0.05, 0.1) is 22.7 Å². The van der Waals surface area contributed by atoms with Crippen LogP contribution in [0.4, 0.5) is 22.7 Å². The van der Waals surface area contributed by atoms with Gasteiger partial charge in [-0.3, -0.25) is 4.79 Å². The van der Waals surface area contributed by atoms with Gasteiger partial charge in [-0.2, -0.15) is 10.2 Å². The predicted molar refractivity (Wildman–Crippen MR) is 177 cm³/mol. The highest BCUT2D eigenvalue weighted by Gasteiger charge is 2.22. The molecule has 6 aromatic carbocycles. The largest absolute Gasteiger partial charge is 0.507 e. The predicted octanol–water partition coefficient (Wildman–Crippen LogP) is 10.8. The number of esters is 1. The van der Waals surface area contributed by atoms with Crippen molar-refractivity contribution in [3.63, 3.8) is 0 Å². The van der Waals surface area contributed by atoms with Crippen LogP contribution in [0.2, 0.25) is 0 Å². The molecule has 45 heavy (non-hydrogen) atoms. The lowest BCUT2D eigenvalue weighted by Crippen LogP contribution is -2.15. The molecule has 0 amide bonds. The molecule has 0 heterocycles. The Balaban J connectivity index is 1.05. The first-order chi connectivity index (χ1) is 22.1. The van der Waals surface area contributed by atoms with E-state index in [9.17, 15) is 9.90 Å². The fourth-order valence-electron chi connectivity index (χ4n) is 5.22. The smallest absolute Gasteiger partial charge is 0.323 e. The van der Waals surface area contributed by atoms with Crippen molar-refractivity contribution in [1.29, 1.82) is 0 Å². The van der Waals surface area contributed by atoms with Gasteiger partial charge >= 0.3 is 5.97 Å². The van der Waals surface area contributed by atoms with E-state index in [1.807, 2.05) is 116 Å². The number of azo groups is 2. The molecule has 216 valence electrons. The lowest BCUT2D eigenvalue weighted by Gasteiger charge is -2.11. The Labute approximate surface area is 259 Å². The van der Waals surface area contributed by atoms with E-state index in [-0.39, 0.29) is 11.7 Å². The number of nitrogens with zero attached hydrogens (tertiary/aromatic N) is 4. The monoisotopic (exact) mass is 586 g/mol. The van der Waals surface area contributed by atoms with E-state index in [0.29, 0.717) is 28.7 Å². The lowest BCUT2D eigenvalue weighted by molar-refractivity contribution is -0.131. The Morgan fingerprint density at radius 3 is 1.69 bits per heavy atom. The number of hydrogen-bond donors (Lipinski definition) is 1. The number of aromatic hydroxyl groups is 1. The summed E-state index contributed by atoms with van der Waals surface area (Å²) in [5.74, 6) is 0.901. The summed E-state index contributed by atoms with van der Waals surface area (Å²) in [6, 6.07) is 37.9. The molecule has 2 radical (unpaired) electrons. The first-order valence-electron chi connectivity index (χ1n) is 14.5. The van der Waals surface area contributed by atoms with Crippen LogP contribution >= 0.6 is 0 Å². The van der Waals surface area contributed by atoms with E-state index >= 15 is 0 Å². The number of rotatable bonds is 7. The summed E-state index contributed by atoms with van der Waals surface area (Å²) in [5, 5.41) is 31.1. The number of phenolic OH excluding ortho intramolecular Hbond substituents is 1. The zero-order valence-corrected chi connectivity index (χ0v) is 24.0. The molecule has 0 aromatic heterocycles. The Hall–Kier alpha value is -5.95. The molecular weight excluding hydrogens is 560 g/mol. The topological polar surface area (TPSA) is 96.0 Å². The second kappa shape index (κ2) is 12.3. The summed E-state index contributed by atoms with van der Waals surface area (Å²) in [7, 11) is 0. The number of fused-ring (bicyclic) bond motifs is 2. The fraction of sp³-hybridized carbons (Fsp3) is 0.0263. The molecular formula is C38H26N4O3. The maximum atomic E-state index is 12.5. The Morgan fingerprint density at radius 2 is 1.11 bits per heavy atom. The number of benzene rings is 6. The third-order valence-electron chi connectivity index (χ3n) is 7.56. The highest BCUT2D eigenvalue weighted by Crippen LogP contribution is 2.36. The van der Waals surface area contributed by atoms with Gasteiger partial charge in [0.2, 0.25) is 0 Å². The molecule has 0 bridgehead atoms. The van der Waals surface area contributed by atoms with Gasteiger partial charge in [0.15, 0.2) is 0 Å². The quantitative estimate of drug-likeness (QED) is 0.114. The minimum absolute atomic E-state index is 0.221. The number of carbonyl (C=O) groups excluding carboxylic acids is 1. The zero-order valence-electron chi connectivity index (χ0n) is 24.0. The van der Waals surface area contributed by atoms with Gasteiger partial charge in [0, 0.05) is 21.5 Å². The van der Waals surface area contributed by atoms with Crippen molar-refractivity contribution in [2.75, 3.05) is 0 Å². The highest BCUT2D eigenvalue weighted by molar-refractivity contribution is 6.00. The minimum Gasteiger partial charge on any atom is -0.507 e. The number of carbonyl (C=O) groups is 1. The average Bonchev–Trinajstić information content (AvgIpc) is 3.64. The number of phenols is 1. The minimum atomic E-state index is -0.370. The second-order valence-electron chi connectivity index (χ2n) is 10.5. The zero-order chi connectivity index (χ0) is 30.6. The van der Waals surface area contributed by atoms with E-state index in [4.69, 9.17) is 4.74 Å². The van der Waals surface area contributed by atoms with Crippen molar-refractivity contribution in [3.8, 4) is 22.6 Å². The summed E-state index contributed by atoms with van der Waals surface area (Å²) in [4.78, 5) is 12.5. The van der Waals surface area contributed by atoms with Crippen LogP contribution in [-0.2, 0) is 4.79 Å². The molecule has 1 aliphatic carbocycles. The van der Waals surface area contributed by atoms with Crippen LogP contribution in [0.15, 0.2) is 154 Å². The van der Waals surface area contributed by atoms with Crippen molar-refractivity contribution in [1.82, 2.24) is 0 Å². The first-order valence-corrected chi connectivity index (χ1v) is 14.5. The molecule has 0 saturated heterocycles. The van der Waals surface area contributed by atoms with Crippen LogP contribution in [0.5, 0.6) is 11.5 Å². The first kappa shape index (κ1) is 27.9. The average molecular weight is 587 g/mol. The van der Waals surface area contributed by atoms with Crippen LogP contribution in [0, 0.1) is 12.3 Å². The van der Waals surface area contributed by atoms with Gasteiger partial charge in [-0.05, 0) is 72.5 Å². The molecule has 0 fully saturated rings. The molecule has 7 rings (SSSR count). The molecule has 1 N–H and O–H groups in total. The van der Waals surface area contributed by atoms with Crippen molar-refractivity contribution in [3.05, 3.63) is 146 Å². The van der Waals surface area contributed by atoms with Gasteiger partial charge in [0.1, 0.15) is 17.4 Å². The van der Waals surface area contributed by atoms with Gasteiger partial charge in [-0.25, -0.2) is 0 Å². The SMILES string of the molecule is O=C(Oc1ccc(N=Nc2ccc(-c3ccc(N=Nc4ccc(O)c5ccccc45)cc3)cc2)c2ccccc12)[C]1[CH]CC=C1. The Bertz CT molecular complexity index is 2120. The molecule has 1 aliphatic rings. The number of hydrogen-bond acceptors (Lipinski definition) is 7. The summed E-state index contributed by atoms with van der Waals surface area (Å²) in [5.41, 5.74) is 4.88. The van der Waals surface area contributed by atoms with Crippen molar-refractivity contribution in [2.45, 2.75) is 6.42 Å². The van der Waals surface area contributed by atoms with Crippen LogP contribution < -0.4 is 4.74 Å². The molecule has 0 unspecified atom stereocenters. The Kier molecular flexibility index (Phi) is 7.64. The van der Waals surface area contributed by atoms with Crippen LogP contribution in [0.3, 0.4) is 0 Å². The maximum Gasteiger partial charge on any atom is 0.323 e. The van der Waals surface area contributed by atoms with E-state index in [0.717, 1.165) is 44.8 Å². The molecule has 7 nitrogen and oxygen atoms in total. The fourth-order valence-corrected chi connectivity index (χ4v) is 5.22. The van der Waals surface area contributed by atoms with E-state index in [1.165, 1.54) is 0 Å². The normalized spacial score (nSPS) is 13.4. The molecule has 0 spiro atoms. The highest BCUT2D eigenvalue weighted by atomic mass is 16.5. The van der Waals surface area contributed by atoms with Gasteiger partial charge in [0.25, 0.3) is 0 Å². The maximum absolute atomic E-state index is 12.5. The standard InChI is InChI=1S/C38H26N4O3/c43-36-23-21-34(30-9-3-5-11-32(30)36)41-39-28-17-13-25(14-18-28)26-15-19-29(20-16-26)40-42-35-22-24-37(33-12-6-4-10-31(33)35)45-38(44)27-7-1-2-8-27/h1,3-24,43H,2H2. The summed E-state index contributed by atoms with van der Waals surface area (Å²) < 4.78 is 5.69. The van der Waals surface area contributed by atoms with Gasteiger partial charge in [-0.15, -0.1) is 10.2 Å². The van der Waals surface area contributed by atoms with Crippen molar-refractivity contribution >= 4 is 50.3 Å². The van der Waals surface area contributed by atoms with Crippen LogP contribution in [0.1, 0.15) is 6.42 Å². The molecule has 0 saturated carbocycles. The molecule has 6 aromatic rings. The number of ether oxygens (including phenoxy) is 1. The van der Waals surface area contributed by atoms with Crippen LogP contribution in [0.25, 0.3) is 32.7 Å². The summed E-state index contributed by atoms with van der Waals surface area (Å²) in [6.45, 7) is 0. The third-order valence-corrected chi connectivity index (χ3v) is 7.56. The van der Waals surface area contributed by atoms with E-state index < -0.39 is 0 Å². The molecule has 7 heteroatoms. The Morgan fingerprint density at radius 1 is 0.578 bits per heavy atom. The lowest BCUT2D eigenvalue weighted by atomic mass is 10.1. The summed E-state index contributed by atoms with van der Waals surface area (Å²) in [6.07, 6.45) is 6.30. The molecule has 0 atom stereocenters. The van der Waals surface area contributed by atoms with Crippen LogP contribution in [-0.4, -0.2) is 11.1 Å². The van der Waals surface area contributed by atoms with E-state index in [1.54, 1.807) is 24.3 Å². The third kappa shape index (κ3) is 5.96. The second-order valence-corrected chi connectivity index (χ2v) is 10.5. The van der Waals surface area contributed by atoms with Crippen molar-refractivity contribution < 1.29 is 14.6 Å². The van der Waals surface area contributed by atoms with Gasteiger partial charge < -0.3 is 9.84 Å². The molecule has 0 aliphatic heterocycles. The summed E-state index contributed by atoms with van der Waals surface area (Å²) >= 11 is 0.